The van der Waals surface area contributed by atoms with Crippen molar-refractivity contribution in [2.75, 3.05) is 7.11 Å². The Bertz CT molecular complexity index is 157. The van der Waals surface area contributed by atoms with E-state index in [0.29, 0.717) is 11.2 Å². The third-order valence-electron chi connectivity index (χ3n) is 1.52. The van der Waals surface area contributed by atoms with Gasteiger partial charge in [0.15, 0.2) is 14.8 Å². The number of ether oxygens (including phenoxy) is 1. The molecule has 0 aromatic rings. The minimum absolute atomic E-state index is 0.0334. The first-order valence-electron chi connectivity index (χ1n) is 4.10. The lowest BCUT2D eigenvalue weighted by atomic mass is 10.2. The zero-order valence-corrected chi connectivity index (χ0v) is 10.7. The van der Waals surface area contributed by atoms with Crippen LogP contribution in [0.4, 0.5) is 0 Å². The van der Waals surface area contributed by atoms with Gasteiger partial charge in [0.1, 0.15) is 0 Å². The van der Waals surface area contributed by atoms with E-state index >= 15 is 0 Å². The summed E-state index contributed by atoms with van der Waals surface area (Å²) in [5.74, 6) is 0. The van der Waals surface area contributed by atoms with Gasteiger partial charge in [-0.25, -0.2) is 0 Å². The molecule has 0 unspecified atom stereocenters. The molecule has 0 amide bonds. The molecule has 4 heteroatoms. The lowest BCUT2D eigenvalue weighted by Gasteiger charge is -2.24. The molecule has 0 saturated heterocycles. The Kier molecular flexibility index (Phi) is 4.97. The Morgan fingerprint density at radius 2 is 1.92 bits per heavy atom. The molecule has 0 saturated carbocycles. The zero-order chi connectivity index (χ0) is 9.78. The molecule has 0 aliphatic heterocycles. The van der Waals surface area contributed by atoms with Crippen LogP contribution in [0.25, 0.3) is 0 Å². The largest absolute Gasteiger partial charge is 0.490 e. The van der Waals surface area contributed by atoms with Crippen molar-refractivity contribution in [1.29, 1.82) is 0 Å². The molecule has 0 heterocycles. The molecule has 0 N–H and O–H groups in total. The lowest BCUT2D eigenvalue weighted by Crippen LogP contribution is -2.27. The summed E-state index contributed by atoms with van der Waals surface area (Å²) in [4.78, 5) is 0. The molecule has 0 spiro atoms. The van der Waals surface area contributed by atoms with Crippen LogP contribution in [0.2, 0.25) is 5.04 Å². The summed E-state index contributed by atoms with van der Waals surface area (Å²) in [6, 6.07) is 0. The molecule has 0 aromatic heterocycles. The summed E-state index contributed by atoms with van der Waals surface area (Å²) in [7, 11) is 0.986. The summed E-state index contributed by atoms with van der Waals surface area (Å²) in [6.07, 6.45) is 0.301. The molecule has 0 radical (unpaired) electrons. The monoisotopic (exact) mass is 206 g/mol. The standard InChI is InChI=1S/C8H18O2SSi/c1-6(2)10-12-8(3,4)7(11)9-5/h6H,12H2,1-5H3. The Hall–Kier alpha value is 0.0669. The highest BCUT2D eigenvalue weighted by Gasteiger charge is 2.26. The number of thiocarbonyl (C=S) groups is 1. The highest BCUT2D eigenvalue weighted by Crippen LogP contribution is 2.25. The van der Waals surface area contributed by atoms with E-state index in [4.69, 9.17) is 21.4 Å². The van der Waals surface area contributed by atoms with Gasteiger partial charge in [-0.3, -0.25) is 0 Å². The second-order valence-electron chi connectivity index (χ2n) is 3.74. The van der Waals surface area contributed by atoms with E-state index in [9.17, 15) is 0 Å². The predicted molar refractivity (Wildman–Crippen MR) is 58.4 cm³/mol. The maximum atomic E-state index is 5.60. The maximum absolute atomic E-state index is 5.60. The van der Waals surface area contributed by atoms with Gasteiger partial charge in [0, 0.05) is 11.1 Å². The molecule has 0 fully saturated rings. The first-order valence-corrected chi connectivity index (χ1v) is 5.79. The van der Waals surface area contributed by atoms with Crippen LogP contribution in [0, 0.1) is 0 Å². The molecule has 0 aliphatic rings. The highest BCUT2D eigenvalue weighted by molar-refractivity contribution is 7.80. The SMILES string of the molecule is COC(=S)C(C)(C)[SiH2]OC(C)C. The number of methoxy groups -OCH3 is 1. The van der Waals surface area contributed by atoms with Gasteiger partial charge in [0.05, 0.1) is 7.11 Å². The maximum Gasteiger partial charge on any atom is 0.175 e. The molecule has 0 bridgehead atoms. The van der Waals surface area contributed by atoms with Crippen molar-refractivity contribution in [2.24, 2.45) is 0 Å². The van der Waals surface area contributed by atoms with E-state index < -0.39 is 9.76 Å². The van der Waals surface area contributed by atoms with Crippen LogP contribution in [0.15, 0.2) is 0 Å². The third-order valence-corrected chi connectivity index (χ3v) is 4.37. The summed E-state index contributed by atoms with van der Waals surface area (Å²) in [5.41, 5.74) is 0. The summed E-state index contributed by atoms with van der Waals surface area (Å²) in [5, 5.41) is 0.628. The van der Waals surface area contributed by atoms with Crippen LogP contribution in [0.1, 0.15) is 27.7 Å². The van der Waals surface area contributed by atoms with E-state index in [-0.39, 0.29) is 5.04 Å². The average molecular weight is 206 g/mol. The van der Waals surface area contributed by atoms with Gasteiger partial charge in [0.25, 0.3) is 0 Å². The van der Waals surface area contributed by atoms with Gasteiger partial charge >= 0.3 is 0 Å². The van der Waals surface area contributed by atoms with Gasteiger partial charge in [0.2, 0.25) is 0 Å². The molecule has 0 rings (SSSR count). The molecule has 12 heavy (non-hydrogen) atoms. The molecule has 2 nitrogen and oxygen atoms in total. The van der Waals surface area contributed by atoms with Crippen LogP contribution in [0.3, 0.4) is 0 Å². The molecule has 0 atom stereocenters. The molecular weight excluding hydrogens is 188 g/mol. The van der Waals surface area contributed by atoms with Crippen LogP contribution in [-0.4, -0.2) is 28.0 Å². The molecule has 0 aromatic carbocycles. The zero-order valence-electron chi connectivity index (χ0n) is 8.51. The number of hydrogen-bond acceptors (Lipinski definition) is 3. The fourth-order valence-electron chi connectivity index (χ4n) is 0.710. The van der Waals surface area contributed by atoms with Crippen LogP contribution in [0.5, 0.6) is 0 Å². The highest BCUT2D eigenvalue weighted by atomic mass is 32.1. The van der Waals surface area contributed by atoms with E-state index in [1.54, 1.807) is 7.11 Å². The topological polar surface area (TPSA) is 18.5 Å². The van der Waals surface area contributed by atoms with Crippen molar-refractivity contribution in [3.8, 4) is 0 Å². The fourth-order valence-corrected chi connectivity index (χ4v) is 1.90. The van der Waals surface area contributed by atoms with Crippen molar-refractivity contribution >= 4 is 27.0 Å². The number of rotatable bonds is 4. The molecule has 72 valence electrons. The van der Waals surface area contributed by atoms with Crippen molar-refractivity contribution in [3.63, 3.8) is 0 Å². The van der Waals surface area contributed by atoms with Gasteiger partial charge in [-0.15, -0.1) is 0 Å². The van der Waals surface area contributed by atoms with Gasteiger partial charge in [-0.05, 0) is 26.1 Å². The number of hydrogen-bond donors (Lipinski definition) is 0. The van der Waals surface area contributed by atoms with E-state index in [1.165, 1.54) is 0 Å². The summed E-state index contributed by atoms with van der Waals surface area (Å²) >= 11 is 5.08. The second-order valence-corrected chi connectivity index (χ2v) is 6.50. The Morgan fingerprint density at radius 1 is 1.42 bits per heavy atom. The van der Waals surface area contributed by atoms with Crippen molar-refractivity contribution in [2.45, 2.75) is 38.8 Å². The van der Waals surface area contributed by atoms with E-state index in [2.05, 4.69) is 13.8 Å². The first kappa shape index (κ1) is 12.1. The van der Waals surface area contributed by atoms with Crippen molar-refractivity contribution < 1.29 is 9.16 Å². The van der Waals surface area contributed by atoms with Crippen LogP contribution >= 0.6 is 12.2 Å². The second kappa shape index (κ2) is 4.94. The van der Waals surface area contributed by atoms with E-state index in [0.717, 1.165) is 0 Å². The lowest BCUT2D eigenvalue weighted by molar-refractivity contribution is 0.246. The quantitative estimate of drug-likeness (QED) is 0.515. The van der Waals surface area contributed by atoms with Gasteiger partial charge in [-0.2, -0.15) is 0 Å². The Morgan fingerprint density at radius 3 is 2.25 bits per heavy atom. The van der Waals surface area contributed by atoms with Crippen LogP contribution < -0.4 is 0 Å². The smallest absolute Gasteiger partial charge is 0.175 e. The predicted octanol–water partition coefficient (Wildman–Crippen LogP) is 1.67. The first-order chi connectivity index (χ1) is 5.40. The minimum atomic E-state index is -0.633. The molecule has 0 aliphatic carbocycles. The summed E-state index contributed by atoms with van der Waals surface area (Å²) in [6.45, 7) is 8.23. The van der Waals surface area contributed by atoms with Crippen LogP contribution in [-0.2, 0) is 9.16 Å². The van der Waals surface area contributed by atoms with Gasteiger partial charge in [-0.1, -0.05) is 13.8 Å². The van der Waals surface area contributed by atoms with Crippen molar-refractivity contribution in [1.82, 2.24) is 0 Å². The molecular formula is C8H18O2SSi. The fraction of sp³-hybridized carbons (Fsp3) is 0.875. The van der Waals surface area contributed by atoms with Gasteiger partial charge < -0.3 is 9.16 Å². The summed E-state index contributed by atoms with van der Waals surface area (Å²) < 4.78 is 10.6. The normalized spacial score (nSPS) is 12.8. The minimum Gasteiger partial charge on any atom is -0.490 e. The van der Waals surface area contributed by atoms with E-state index in [1.807, 2.05) is 13.8 Å². The van der Waals surface area contributed by atoms with Crippen molar-refractivity contribution in [3.05, 3.63) is 0 Å². The Labute approximate surface area is 82.6 Å². The average Bonchev–Trinajstić information content (AvgIpc) is 1.99. The Balaban J connectivity index is 3.95. The third kappa shape index (κ3) is 4.18.